The van der Waals surface area contributed by atoms with Crippen LogP contribution in [-0.4, -0.2) is 34.7 Å². The molecule has 2 atom stereocenters. The van der Waals surface area contributed by atoms with Crippen LogP contribution in [0.2, 0.25) is 0 Å². The van der Waals surface area contributed by atoms with Gasteiger partial charge in [-0.15, -0.1) is 0 Å². The van der Waals surface area contributed by atoms with E-state index in [0.29, 0.717) is 11.5 Å². The van der Waals surface area contributed by atoms with Crippen molar-refractivity contribution in [1.82, 2.24) is 0 Å². The summed E-state index contributed by atoms with van der Waals surface area (Å²) in [4.78, 5) is 9.82. The van der Waals surface area contributed by atoms with Gasteiger partial charge >= 0.3 is 0 Å². The van der Waals surface area contributed by atoms with Crippen molar-refractivity contribution in [3.05, 3.63) is 57.6 Å². The minimum absolute atomic E-state index is 0.000438. The van der Waals surface area contributed by atoms with E-state index >= 15 is 0 Å². The summed E-state index contributed by atoms with van der Waals surface area (Å²) in [5.41, 5.74) is 5.65. The van der Waals surface area contributed by atoms with Gasteiger partial charge in [0.2, 0.25) is 0 Å². The monoisotopic (exact) mass is 462 g/mol. The van der Waals surface area contributed by atoms with E-state index in [4.69, 9.17) is 9.98 Å². The van der Waals surface area contributed by atoms with Gasteiger partial charge in [0.15, 0.2) is 0 Å². The number of hydrogen-bond acceptors (Lipinski definition) is 4. The molecule has 0 bridgehead atoms. The molecule has 1 aliphatic carbocycles. The highest BCUT2D eigenvalue weighted by molar-refractivity contribution is 5.86. The van der Waals surface area contributed by atoms with E-state index in [9.17, 15) is 10.2 Å². The average molecular weight is 463 g/mol. The largest absolute Gasteiger partial charge is 0.507 e. The van der Waals surface area contributed by atoms with Crippen LogP contribution in [-0.2, 0) is 10.8 Å². The van der Waals surface area contributed by atoms with Gasteiger partial charge in [0.05, 0.1) is 12.1 Å². The van der Waals surface area contributed by atoms with Crippen molar-refractivity contribution in [3.63, 3.8) is 0 Å². The summed E-state index contributed by atoms with van der Waals surface area (Å²) in [6.45, 7) is 16.9. The molecule has 184 valence electrons. The van der Waals surface area contributed by atoms with Crippen molar-refractivity contribution < 1.29 is 10.2 Å². The maximum absolute atomic E-state index is 10.6. The van der Waals surface area contributed by atoms with Crippen LogP contribution >= 0.6 is 0 Å². The van der Waals surface area contributed by atoms with Gasteiger partial charge in [0.1, 0.15) is 11.5 Å². The molecule has 0 radical (unpaired) electrons. The first-order valence-corrected chi connectivity index (χ1v) is 12.5. The smallest absolute Gasteiger partial charge is 0.127 e. The van der Waals surface area contributed by atoms with E-state index in [1.54, 1.807) is 0 Å². The summed E-state index contributed by atoms with van der Waals surface area (Å²) in [5.74, 6) is 0.596. The van der Waals surface area contributed by atoms with Gasteiger partial charge in [0.25, 0.3) is 0 Å². The first-order chi connectivity index (χ1) is 15.8. The Labute approximate surface area is 205 Å². The fourth-order valence-electron chi connectivity index (χ4n) is 4.47. The molecular weight excluding hydrogens is 420 g/mol. The number of benzene rings is 2. The molecule has 2 aromatic rings. The van der Waals surface area contributed by atoms with Gasteiger partial charge in [-0.05, 0) is 71.9 Å². The lowest BCUT2D eigenvalue weighted by atomic mass is 9.85. The summed E-state index contributed by atoms with van der Waals surface area (Å²) in [6, 6.07) is 8.34. The Kier molecular flexibility index (Phi) is 7.59. The fourth-order valence-corrected chi connectivity index (χ4v) is 4.47. The molecule has 0 amide bonds. The number of nitrogens with zero attached hydrogens (tertiary/aromatic N) is 2. The van der Waals surface area contributed by atoms with E-state index in [1.807, 2.05) is 38.4 Å². The molecule has 0 aromatic heterocycles. The SMILES string of the molecule is Cc1cc(C(C)(C)C)cc(C=NC2CCCCC2N=Cc2cc(C(C)(C)C)cc(C)c2O)c1O. The summed E-state index contributed by atoms with van der Waals surface area (Å²) >= 11 is 0. The van der Waals surface area contributed by atoms with Crippen molar-refractivity contribution in [2.75, 3.05) is 0 Å². The number of rotatable bonds is 4. The Bertz CT molecular complexity index is 997. The standard InChI is InChI=1S/C30H42N2O2/c1-19-13-23(29(3,4)5)15-21(27(19)33)17-31-25-11-9-10-12-26(25)32-18-22-16-24(30(6,7)8)14-20(2)28(22)34/h13-18,25-26,33-34H,9-12H2,1-8H3. The van der Waals surface area contributed by atoms with E-state index in [0.717, 1.165) is 47.9 Å². The predicted octanol–water partition coefficient (Wildman–Crippen LogP) is 7.16. The highest BCUT2D eigenvalue weighted by Gasteiger charge is 2.24. The molecule has 2 aromatic carbocycles. The first-order valence-electron chi connectivity index (χ1n) is 12.5. The van der Waals surface area contributed by atoms with Crippen molar-refractivity contribution in [2.45, 2.75) is 104 Å². The Hall–Kier alpha value is -2.62. The molecule has 34 heavy (non-hydrogen) atoms. The first kappa shape index (κ1) is 26.0. The minimum atomic E-state index is 0.000438. The third-order valence-electron chi connectivity index (χ3n) is 6.90. The maximum atomic E-state index is 10.6. The molecule has 0 heterocycles. The molecule has 0 spiro atoms. The van der Waals surface area contributed by atoms with Crippen molar-refractivity contribution >= 4 is 12.4 Å². The van der Waals surface area contributed by atoms with Crippen LogP contribution in [0.25, 0.3) is 0 Å². The van der Waals surface area contributed by atoms with Gasteiger partial charge in [0, 0.05) is 23.6 Å². The van der Waals surface area contributed by atoms with Crippen LogP contribution in [0.3, 0.4) is 0 Å². The van der Waals surface area contributed by atoms with Crippen LogP contribution < -0.4 is 0 Å². The normalized spacial score (nSPS) is 19.9. The van der Waals surface area contributed by atoms with Crippen molar-refractivity contribution in [1.29, 1.82) is 0 Å². The predicted molar refractivity (Wildman–Crippen MR) is 144 cm³/mol. The highest BCUT2D eigenvalue weighted by Crippen LogP contribution is 2.32. The molecule has 3 rings (SSSR count). The van der Waals surface area contributed by atoms with Crippen molar-refractivity contribution in [3.8, 4) is 11.5 Å². The van der Waals surface area contributed by atoms with Gasteiger partial charge in [-0.25, -0.2) is 0 Å². The molecule has 0 saturated heterocycles. The van der Waals surface area contributed by atoms with Crippen LogP contribution in [0.4, 0.5) is 0 Å². The Balaban J connectivity index is 1.88. The van der Waals surface area contributed by atoms with E-state index in [-0.39, 0.29) is 22.9 Å². The Morgan fingerprint density at radius 1 is 0.676 bits per heavy atom. The maximum Gasteiger partial charge on any atom is 0.127 e. The fraction of sp³-hybridized carbons (Fsp3) is 0.533. The number of phenolic OH excluding ortho intramolecular Hbond substituents is 2. The van der Waals surface area contributed by atoms with Gasteiger partial charge in [-0.1, -0.05) is 66.5 Å². The summed E-state index contributed by atoms with van der Waals surface area (Å²) in [6.07, 6.45) is 7.88. The minimum Gasteiger partial charge on any atom is -0.507 e. The van der Waals surface area contributed by atoms with Crippen LogP contribution in [0.5, 0.6) is 11.5 Å². The number of aryl methyl sites for hydroxylation is 2. The topological polar surface area (TPSA) is 65.2 Å². The molecule has 1 fully saturated rings. The van der Waals surface area contributed by atoms with Gasteiger partial charge < -0.3 is 10.2 Å². The zero-order valence-electron chi connectivity index (χ0n) is 22.2. The second-order valence-corrected chi connectivity index (χ2v) is 11.9. The molecule has 4 nitrogen and oxygen atoms in total. The van der Waals surface area contributed by atoms with E-state index in [1.165, 1.54) is 11.1 Å². The Morgan fingerprint density at radius 2 is 1.03 bits per heavy atom. The molecule has 2 N–H and O–H groups in total. The average Bonchev–Trinajstić information content (AvgIpc) is 2.74. The third-order valence-corrected chi connectivity index (χ3v) is 6.90. The van der Waals surface area contributed by atoms with Crippen LogP contribution in [0, 0.1) is 13.8 Å². The number of aliphatic imine (C=N–C) groups is 2. The number of hydrogen-bond donors (Lipinski definition) is 2. The number of aromatic hydroxyl groups is 2. The van der Waals surface area contributed by atoms with Gasteiger partial charge in [-0.2, -0.15) is 0 Å². The lowest BCUT2D eigenvalue weighted by molar-refractivity contribution is 0.390. The summed E-state index contributed by atoms with van der Waals surface area (Å²) in [5, 5.41) is 21.3. The van der Waals surface area contributed by atoms with Crippen molar-refractivity contribution in [2.24, 2.45) is 9.98 Å². The molecule has 1 saturated carbocycles. The lowest BCUT2D eigenvalue weighted by Gasteiger charge is -2.26. The third kappa shape index (κ3) is 6.08. The van der Waals surface area contributed by atoms with E-state index in [2.05, 4.69) is 53.7 Å². The second-order valence-electron chi connectivity index (χ2n) is 11.9. The Morgan fingerprint density at radius 3 is 1.35 bits per heavy atom. The molecule has 2 unspecified atom stereocenters. The molecule has 1 aliphatic rings. The van der Waals surface area contributed by atoms with Crippen LogP contribution in [0.1, 0.15) is 101 Å². The molecule has 4 heteroatoms. The lowest BCUT2D eigenvalue weighted by Crippen LogP contribution is -2.27. The van der Waals surface area contributed by atoms with Gasteiger partial charge in [-0.3, -0.25) is 9.98 Å². The zero-order chi connectivity index (χ0) is 25.3. The molecular formula is C30H42N2O2. The highest BCUT2D eigenvalue weighted by atomic mass is 16.3. The zero-order valence-corrected chi connectivity index (χ0v) is 22.2. The summed E-state index contributed by atoms with van der Waals surface area (Å²) < 4.78 is 0. The quantitative estimate of drug-likeness (QED) is 0.473. The van der Waals surface area contributed by atoms with E-state index < -0.39 is 0 Å². The summed E-state index contributed by atoms with van der Waals surface area (Å²) in [7, 11) is 0. The van der Waals surface area contributed by atoms with Crippen LogP contribution in [0.15, 0.2) is 34.3 Å². The second kappa shape index (κ2) is 9.93. The number of phenols is 2. The molecule has 0 aliphatic heterocycles.